The molecule has 3 rings (SSSR count). The quantitative estimate of drug-likeness (QED) is 0.765. The van der Waals surface area contributed by atoms with Crippen LogP contribution in [0.2, 0.25) is 0 Å². The normalized spacial score (nSPS) is 11.9. The highest BCUT2D eigenvalue weighted by molar-refractivity contribution is 7.89. The highest BCUT2D eigenvalue weighted by atomic mass is 32.2. The molecule has 6 nitrogen and oxygen atoms in total. The molecule has 1 aromatic heterocycles. The van der Waals surface area contributed by atoms with E-state index in [2.05, 4.69) is 9.71 Å². The van der Waals surface area contributed by atoms with Crippen molar-refractivity contribution in [2.45, 2.75) is 11.4 Å². The standard InChI is InChI=1S/C14H11FN2O4S/c15-10-2-4-11(5-3-10)22(19,20)16-8-9-1-6-12-13(7-9)21-14(18)17-12/h1-7,16H,8H2,(H,17,18). The van der Waals surface area contributed by atoms with Crippen molar-refractivity contribution >= 4 is 21.1 Å². The van der Waals surface area contributed by atoms with Crippen LogP contribution in [0.1, 0.15) is 5.56 Å². The monoisotopic (exact) mass is 322 g/mol. The zero-order valence-electron chi connectivity index (χ0n) is 11.2. The summed E-state index contributed by atoms with van der Waals surface area (Å²) in [6.45, 7) is 0.0184. The number of aromatic nitrogens is 1. The van der Waals surface area contributed by atoms with Gasteiger partial charge in [-0.05, 0) is 42.0 Å². The molecular formula is C14H11FN2O4S. The van der Waals surface area contributed by atoms with Crippen LogP contribution < -0.4 is 10.5 Å². The van der Waals surface area contributed by atoms with Crippen molar-refractivity contribution < 1.29 is 17.2 Å². The second-order valence-corrected chi connectivity index (χ2v) is 6.39. The van der Waals surface area contributed by atoms with E-state index < -0.39 is 21.6 Å². The summed E-state index contributed by atoms with van der Waals surface area (Å²) in [7, 11) is -3.74. The Hall–Kier alpha value is -2.45. The number of halogens is 1. The SMILES string of the molecule is O=c1[nH]c2ccc(CNS(=O)(=O)c3ccc(F)cc3)cc2o1. The van der Waals surface area contributed by atoms with Gasteiger partial charge in [0.1, 0.15) is 5.82 Å². The first kappa shape index (κ1) is 14.5. The van der Waals surface area contributed by atoms with E-state index in [1.807, 2.05) is 0 Å². The van der Waals surface area contributed by atoms with E-state index in [0.29, 0.717) is 16.7 Å². The van der Waals surface area contributed by atoms with E-state index in [9.17, 15) is 17.6 Å². The van der Waals surface area contributed by atoms with Gasteiger partial charge in [0.05, 0.1) is 10.4 Å². The average molecular weight is 322 g/mol. The summed E-state index contributed by atoms with van der Waals surface area (Å²) in [6, 6.07) is 9.39. The minimum atomic E-state index is -3.74. The summed E-state index contributed by atoms with van der Waals surface area (Å²) in [5.74, 6) is -1.08. The van der Waals surface area contributed by atoms with Crippen molar-refractivity contribution in [1.29, 1.82) is 0 Å². The molecule has 0 fully saturated rings. The first-order valence-corrected chi connectivity index (χ1v) is 7.79. The van der Waals surface area contributed by atoms with E-state index in [-0.39, 0.29) is 11.4 Å². The number of sulfonamides is 1. The van der Waals surface area contributed by atoms with Crippen molar-refractivity contribution in [3.63, 3.8) is 0 Å². The number of hydrogen-bond acceptors (Lipinski definition) is 4. The number of nitrogens with one attached hydrogen (secondary N) is 2. The molecule has 0 aliphatic carbocycles. The summed E-state index contributed by atoms with van der Waals surface area (Å²) >= 11 is 0. The molecule has 2 N–H and O–H groups in total. The van der Waals surface area contributed by atoms with Crippen LogP contribution in [0.25, 0.3) is 11.1 Å². The van der Waals surface area contributed by atoms with Crippen LogP contribution in [0, 0.1) is 5.82 Å². The molecule has 0 aliphatic heterocycles. The van der Waals surface area contributed by atoms with E-state index >= 15 is 0 Å². The molecule has 0 bridgehead atoms. The number of fused-ring (bicyclic) bond motifs is 1. The zero-order chi connectivity index (χ0) is 15.7. The van der Waals surface area contributed by atoms with Crippen molar-refractivity contribution in [1.82, 2.24) is 9.71 Å². The van der Waals surface area contributed by atoms with Crippen LogP contribution >= 0.6 is 0 Å². The Morgan fingerprint density at radius 2 is 1.86 bits per heavy atom. The van der Waals surface area contributed by atoms with Crippen molar-refractivity contribution in [3.05, 3.63) is 64.4 Å². The predicted octanol–water partition coefficient (Wildman–Crippen LogP) is 1.74. The fraction of sp³-hybridized carbons (Fsp3) is 0.0714. The minimum absolute atomic E-state index is 0.0184. The van der Waals surface area contributed by atoms with E-state index in [0.717, 1.165) is 12.1 Å². The van der Waals surface area contributed by atoms with Gasteiger partial charge in [-0.25, -0.2) is 22.3 Å². The Balaban J connectivity index is 1.80. The van der Waals surface area contributed by atoms with Crippen molar-refractivity contribution in [2.75, 3.05) is 0 Å². The van der Waals surface area contributed by atoms with Gasteiger partial charge in [-0.3, -0.25) is 4.98 Å². The number of H-pyrrole nitrogens is 1. The number of oxazole rings is 1. The molecule has 0 atom stereocenters. The van der Waals surface area contributed by atoms with Gasteiger partial charge in [0, 0.05) is 6.54 Å². The van der Waals surface area contributed by atoms with Gasteiger partial charge >= 0.3 is 5.76 Å². The molecule has 0 spiro atoms. The Morgan fingerprint density at radius 1 is 1.14 bits per heavy atom. The molecule has 1 heterocycles. The molecule has 0 unspecified atom stereocenters. The predicted molar refractivity (Wildman–Crippen MR) is 77.3 cm³/mol. The van der Waals surface area contributed by atoms with Gasteiger partial charge in [0.25, 0.3) is 0 Å². The summed E-state index contributed by atoms with van der Waals surface area (Å²) in [4.78, 5) is 13.5. The molecule has 3 aromatic rings. The molecule has 0 aliphatic rings. The number of hydrogen-bond donors (Lipinski definition) is 2. The minimum Gasteiger partial charge on any atom is -0.408 e. The maximum absolute atomic E-state index is 12.8. The number of benzene rings is 2. The lowest BCUT2D eigenvalue weighted by atomic mass is 10.2. The van der Waals surface area contributed by atoms with Gasteiger partial charge in [-0.2, -0.15) is 0 Å². The highest BCUT2D eigenvalue weighted by Gasteiger charge is 2.14. The lowest BCUT2D eigenvalue weighted by molar-refractivity contribution is 0.554. The van der Waals surface area contributed by atoms with Gasteiger partial charge < -0.3 is 4.42 Å². The van der Waals surface area contributed by atoms with Crippen molar-refractivity contribution in [2.24, 2.45) is 0 Å². The molecule has 0 saturated carbocycles. The van der Waals surface area contributed by atoms with Crippen LogP contribution in [0.4, 0.5) is 4.39 Å². The maximum Gasteiger partial charge on any atom is 0.417 e. The van der Waals surface area contributed by atoms with E-state index in [1.165, 1.54) is 12.1 Å². The third-order valence-electron chi connectivity index (χ3n) is 3.08. The van der Waals surface area contributed by atoms with Gasteiger partial charge in [-0.15, -0.1) is 0 Å². The molecule has 114 valence electrons. The second kappa shape index (κ2) is 5.39. The van der Waals surface area contributed by atoms with Crippen molar-refractivity contribution in [3.8, 4) is 0 Å². The molecule has 2 aromatic carbocycles. The Labute approximate surface area is 124 Å². The smallest absolute Gasteiger partial charge is 0.408 e. The number of aromatic amines is 1. The molecule has 8 heteroatoms. The van der Waals surface area contributed by atoms with Crippen LogP contribution in [0.3, 0.4) is 0 Å². The fourth-order valence-electron chi connectivity index (χ4n) is 1.98. The van der Waals surface area contributed by atoms with Crippen LogP contribution in [-0.4, -0.2) is 13.4 Å². The van der Waals surface area contributed by atoms with E-state index in [4.69, 9.17) is 4.42 Å². The molecule has 0 radical (unpaired) electrons. The van der Waals surface area contributed by atoms with Gasteiger partial charge in [-0.1, -0.05) is 6.07 Å². The summed E-state index contributed by atoms with van der Waals surface area (Å²) < 4.78 is 44.3. The van der Waals surface area contributed by atoms with Crippen LogP contribution in [-0.2, 0) is 16.6 Å². The molecular weight excluding hydrogens is 311 g/mol. The number of rotatable bonds is 4. The second-order valence-electron chi connectivity index (χ2n) is 4.62. The third kappa shape index (κ3) is 2.92. The highest BCUT2D eigenvalue weighted by Crippen LogP contribution is 2.14. The summed E-state index contributed by atoms with van der Waals surface area (Å²) in [6.07, 6.45) is 0. The Kier molecular flexibility index (Phi) is 3.55. The fourth-order valence-corrected chi connectivity index (χ4v) is 2.99. The van der Waals surface area contributed by atoms with Gasteiger partial charge in [0.15, 0.2) is 5.58 Å². The molecule has 0 saturated heterocycles. The zero-order valence-corrected chi connectivity index (χ0v) is 12.0. The topological polar surface area (TPSA) is 92.2 Å². The Morgan fingerprint density at radius 3 is 2.59 bits per heavy atom. The molecule has 22 heavy (non-hydrogen) atoms. The van der Waals surface area contributed by atoms with E-state index in [1.54, 1.807) is 18.2 Å². The maximum atomic E-state index is 12.8. The third-order valence-corrected chi connectivity index (χ3v) is 4.49. The lowest BCUT2D eigenvalue weighted by Gasteiger charge is -2.06. The summed E-state index contributed by atoms with van der Waals surface area (Å²) in [5.41, 5.74) is 1.51. The first-order chi connectivity index (χ1) is 10.4. The molecule has 0 amide bonds. The van der Waals surface area contributed by atoms with Crippen LogP contribution in [0.15, 0.2) is 56.6 Å². The van der Waals surface area contributed by atoms with Crippen LogP contribution in [0.5, 0.6) is 0 Å². The largest absolute Gasteiger partial charge is 0.417 e. The Bertz CT molecular complexity index is 974. The first-order valence-electron chi connectivity index (χ1n) is 6.31. The lowest BCUT2D eigenvalue weighted by Crippen LogP contribution is -2.23. The van der Waals surface area contributed by atoms with Gasteiger partial charge in [0.2, 0.25) is 10.0 Å². The average Bonchev–Trinajstić information content (AvgIpc) is 2.85. The summed E-state index contributed by atoms with van der Waals surface area (Å²) in [5, 5.41) is 0.